The van der Waals surface area contributed by atoms with Gasteiger partial charge in [0.2, 0.25) is 0 Å². The van der Waals surface area contributed by atoms with Crippen molar-refractivity contribution < 1.29 is 4.79 Å². The minimum Gasteiger partial charge on any atom is -0.300 e. The molecule has 0 aromatic heterocycles. The summed E-state index contributed by atoms with van der Waals surface area (Å²) in [5.41, 5.74) is 0. The number of hydrogen-bond acceptors (Lipinski definition) is 1. The molecule has 0 atom stereocenters. The molecule has 0 aliphatic carbocycles. The fourth-order valence-corrected chi connectivity index (χ4v) is 0.595. The highest BCUT2D eigenvalue weighted by molar-refractivity contribution is 5.76. The van der Waals surface area contributed by atoms with Crippen LogP contribution in [0.25, 0.3) is 0 Å². The molecule has 0 amide bonds. The molecule has 1 heteroatoms. The Hall–Kier alpha value is -0.850. The Labute approximate surface area is 56.1 Å². The van der Waals surface area contributed by atoms with Crippen LogP contribution in [0, 0.1) is 5.92 Å². The molecule has 9 heavy (non-hydrogen) atoms. The van der Waals surface area contributed by atoms with Crippen molar-refractivity contribution in [3.63, 3.8) is 0 Å². The van der Waals surface area contributed by atoms with Gasteiger partial charge < -0.3 is 0 Å². The fraction of sp³-hybridized carbons (Fsp3) is 0.375. The number of carbonyl (C=O) groups is 1. The number of ketones is 1. The maximum absolute atomic E-state index is 10.5. The summed E-state index contributed by atoms with van der Waals surface area (Å²) in [4.78, 5) is 10.5. The molecule has 0 N–H and O–H groups in total. The summed E-state index contributed by atoms with van der Waals surface area (Å²) in [6.45, 7) is 8.69. The molecule has 0 bridgehead atoms. The lowest BCUT2D eigenvalue weighted by molar-refractivity contribution is -0.117. The highest BCUT2D eigenvalue weighted by atomic mass is 16.1. The molecule has 0 heterocycles. The van der Waals surface area contributed by atoms with Gasteiger partial charge in [0.25, 0.3) is 0 Å². The topological polar surface area (TPSA) is 17.1 Å². The zero-order chi connectivity index (χ0) is 7.28. The van der Waals surface area contributed by atoms with Crippen LogP contribution in [0.3, 0.4) is 0 Å². The normalized spacial score (nSPS) is 9.11. The zero-order valence-electron chi connectivity index (χ0n) is 5.76. The van der Waals surface area contributed by atoms with Crippen molar-refractivity contribution in [1.29, 1.82) is 0 Å². The van der Waals surface area contributed by atoms with E-state index in [0.717, 1.165) is 0 Å². The third-order valence-corrected chi connectivity index (χ3v) is 1.13. The molecule has 0 rings (SSSR count). The number of carbonyl (C=O) groups excluding carboxylic acids is 1. The second-order valence-corrected chi connectivity index (χ2v) is 2.04. The van der Waals surface area contributed by atoms with Crippen LogP contribution in [-0.4, -0.2) is 5.78 Å². The molecule has 1 nitrogen and oxygen atoms in total. The monoisotopic (exact) mass is 124 g/mol. The van der Waals surface area contributed by atoms with Gasteiger partial charge in [-0.3, -0.25) is 4.79 Å². The Morgan fingerprint density at radius 3 is 2.11 bits per heavy atom. The van der Waals surface area contributed by atoms with Gasteiger partial charge in [-0.2, -0.15) is 0 Å². The predicted molar refractivity (Wildman–Crippen MR) is 39.2 cm³/mol. The maximum Gasteiger partial charge on any atom is 0.130 e. The standard InChI is InChI=1S/C8H12O/c1-4-8(5-2)6-7(3)9/h4-5,8H,1-2,6H2,3H3. The Kier molecular flexibility index (Phi) is 3.69. The van der Waals surface area contributed by atoms with Crippen LogP contribution in [-0.2, 0) is 4.79 Å². The quantitative estimate of drug-likeness (QED) is 0.523. The molecular weight excluding hydrogens is 112 g/mol. The summed E-state index contributed by atoms with van der Waals surface area (Å²) in [5, 5.41) is 0. The van der Waals surface area contributed by atoms with Crippen LogP contribution >= 0.6 is 0 Å². The summed E-state index contributed by atoms with van der Waals surface area (Å²) >= 11 is 0. The molecular formula is C8H12O. The van der Waals surface area contributed by atoms with Crippen molar-refractivity contribution in [2.75, 3.05) is 0 Å². The molecule has 0 aromatic carbocycles. The van der Waals surface area contributed by atoms with Gasteiger partial charge in [-0.1, -0.05) is 12.2 Å². The molecule has 0 saturated carbocycles. The smallest absolute Gasteiger partial charge is 0.130 e. The van der Waals surface area contributed by atoms with E-state index in [1.807, 2.05) is 0 Å². The van der Waals surface area contributed by atoms with Gasteiger partial charge in [-0.25, -0.2) is 0 Å². The van der Waals surface area contributed by atoms with E-state index < -0.39 is 0 Å². The van der Waals surface area contributed by atoms with Crippen LogP contribution in [0.15, 0.2) is 25.3 Å². The zero-order valence-corrected chi connectivity index (χ0v) is 5.76. The van der Waals surface area contributed by atoms with E-state index in [1.165, 1.54) is 0 Å². The lowest BCUT2D eigenvalue weighted by Crippen LogP contribution is -1.98. The first-order chi connectivity index (χ1) is 4.20. The Balaban J connectivity index is 3.68. The third-order valence-electron chi connectivity index (χ3n) is 1.13. The van der Waals surface area contributed by atoms with Crippen LogP contribution < -0.4 is 0 Å². The Morgan fingerprint density at radius 1 is 1.56 bits per heavy atom. The van der Waals surface area contributed by atoms with E-state index in [-0.39, 0.29) is 11.7 Å². The molecule has 0 radical (unpaired) electrons. The van der Waals surface area contributed by atoms with Gasteiger partial charge in [-0.05, 0) is 6.92 Å². The van der Waals surface area contributed by atoms with Gasteiger partial charge in [-0.15, -0.1) is 13.2 Å². The minimum absolute atomic E-state index is 0.155. The first-order valence-corrected chi connectivity index (χ1v) is 2.95. The van der Waals surface area contributed by atoms with Crippen LogP contribution in [0.4, 0.5) is 0 Å². The molecule has 0 saturated heterocycles. The van der Waals surface area contributed by atoms with Crippen molar-refractivity contribution in [2.24, 2.45) is 5.92 Å². The molecule has 0 unspecified atom stereocenters. The van der Waals surface area contributed by atoms with Crippen molar-refractivity contribution >= 4 is 5.78 Å². The number of Topliss-reactive ketones (excluding diaryl/α,β-unsaturated/α-hetero) is 1. The first kappa shape index (κ1) is 8.15. The molecule has 0 spiro atoms. The van der Waals surface area contributed by atoms with Gasteiger partial charge in [0, 0.05) is 12.3 Å². The van der Waals surface area contributed by atoms with Gasteiger partial charge in [0.1, 0.15) is 5.78 Å². The average Bonchev–Trinajstić information content (AvgIpc) is 1.82. The Morgan fingerprint density at radius 2 is 2.00 bits per heavy atom. The number of rotatable bonds is 4. The van der Waals surface area contributed by atoms with Crippen molar-refractivity contribution in [3.05, 3.63) is 25.3 Å². The van der Waals surface area contributed by atoms with Crippen molar-refractivity contribution in [3.8, 4) is 0 Å². The molecule has 0 aromatic rings. The fourth-order valence-electron chi connectivity index (χ4n) is 0.595. The van der Waals surface area contributed by atoms with Crippen LogP contribution in [0.2, 0.25) is 0 Å². The van der Waals surface area contributed by atoms with E-state index in [0.29, 0.717) is 6.42 Å². The minimum atomic E-state index is 0.155. The average molecular weight is 124 g/mol. The SMILES string of the molecule is C=CC(C=C)CC(C)=O. The van der Waals surface area contributed by atoms with Crippen molar-refractivity contribution in [2.45, 2.75) is 13.3 Å². The highest BCUT2D eigenvalue weighted by Crippen LogP contribution is 2.04. The lowest BCUT2D eigenvalue weighted by Gasteiger charge is -2.00. The van der Waals surface area contributed by atoms with Gasteiger partial charge >= 0.3 is 0 Å². The summed E-state index contributed by atoms with van der Waals surface area (Å²) in [6, 6.07) is 0. The highest BCUT2D eigenvalue weighted by Gasteiger charge is 2.00. The van der Waals surface area contributed by atoms with Crippen molar-refractivity contribution in [1.82, 2.24) is 0 Å². The summed E-state index contributed by atoms with van der Waals surface area (Å²) in [7, 11) is 0. The second-order valence-electron chi connectivity index (χ2n) is 2.04. The number of hydrogen-bond donors (Lipinski definition) is 0. The Bertz CT molecular complexity index is 117. The molecule has 0 fully saturated rings. The van der Waals surface area contributed by atoms with E-state index in [1.54, 1.807) is 19.1 Å². The van der Waals surface area contributed by atoms with E-state index in [4.69, 9.17) is 0 Å². The first-order valence-electron chi connectivity index (χ1n) is 2.95. The van der Waals surface area contributed by atoms with Crippen LogP contribution in [0.1, 0.15) is 13.3 Å². The summed E-state index contributed by atoms with van der Waals surface area (Å²) in [5.74, 6) is 0.335. The largest absolute Gasteiger partial charge is 0.300 e. The lowest BCUT2D eigenvalue weighted by atomic mass is 10.0. The molecule has 50 valence electrons. The third kappa shape index (κ3) is 3.71. The number of allylic oxidation sites excluding steroid dienone is 2. The van der Waals surface area contributed by atoms with Gasteiger partial charge in [0.05, 0.1) is 0 Å². The second kappa shape index (κ2) is 4.07. The van der Waals surface area contributed by atoms with E-state index in [2.05, 4.69) is 13.2 Å². The molecule has 0 aliphatic heterocycles. The molecule has 0 aliphatic rings. The van der Waals surface area contributed by atoms with Gasteiger partial charge in [0.15, 0.2) is 0 Å². The van der Waals surface area contributed by atoms with Crippen LogP contribution in [0.5, 0.6) is 0 Å². The van der Waals surface area contributed by atoms with E-state index >= 15 is 0 Å². The summed E-state index contributed by atoms with van der Waals surface area (Å²) < 4.78 is 0. The maximum atomic E-state index is 10.5. The van der Waals surface area contributed by atoms with E-state index in [9.17, 15) is 4.79 Å². The predicted octanol–water partition coefficient (Wildman–Crippen LogP) is 1.95. The summed E-state index contributed by atoms with van der Waals surface area (Å²) in [6.07, 6.45) is 4.00.